The Morgan fingerprint density at radius 2 is 1.54 bits per heavy atom. The first-order valence-corrected chi connectivity index (χ1v) is 11.8. The van der Waals surface area contributed by atoms with Crippen molar-refractivity contribution >= 4 is 13.5 Å². The summed E-state index contributed by atoms with van der Waals surface area (Å²) in [6, 6.07) is 8.37. The Hall–Kier alpha value is -1.34. The van der Waals surface area contributed by atoms with Gasteiger partial charge in [0.2, 0.25) is 0 Å². The standard InChI is InChI=1S/C22H31N2OP/c1-25-21-15-9-8-14-20(21)24-17-16-23-22(24)26(18-10-4-2-5-11-18)19-12-6-3-7-13-19/h8-9,14-19H,2-7,10-13H2,1H3. The van der Waals surface area contributed by atoms with E-state index in [9.17, 15) is 0 Å². The fourth-order valence-electron chi connectivity index (χ4n) is 4.85. The molecular weight excluding hydrogens is 339 g/mol. The molecule has 3 nitrogen and oxygen atoms in total. The fourth-order valence-corrected chi connectivity index (χ4v) is 8.56. The van der Waals surface area contributed by atoms with Gasteiger partial charge >= 0.3 is 0 Å². The van der Waals surface area contributed by atoms with Crippen LogP contribution in [0.15, 0.2) is 36.7 Å². The van der Waals surface area contributed by atoms with Gasteiger partial charge in [0.25, 0.3) is 0 Å². The second kappa shape index (κ2) is 8.57. The molecule has 0 atom stereocenters. The molecule has 0 bridgehead atoms. The topological polar surface area (TPSA) is 27.1 Å². The van der Waals surface area contributed by atoms with Crippen molar-refractivity contribution in [1.29, 1.82) is 0 Å². The number of benzene rings is 1. The molecule has 0 unspecified atom stereocenters. The lowest BCUT2D eigenvalue weighted by Gasteiger charge is -2.38. The molecule has 4 rings (SSSR count). The number of rotatable bonds is 5. The first kappa shape index (κ1) is 18.0. The SMILES string of the molecule is COc1ccccc1-n1ccnc1P(C1CCCCC1)C1CCCCC1. The number of para-hydroxylation sites is 2. The lowest BCUT2D eigenvalue weighted by molar-refractivity contribution is 0.413. The zero-order chi connectivity index (χ0) is 17.8. The van der Waals surface area contributed by atoms with E-state index in [1.165, 1.54) is 69.8 Å². The van der Waals surface area contributed by atoms with Crippen LogP contribution in [0.5, 0.6) is 5.75 Å². The number of nitrogens with zero attached hydrogens (tertiary/aromatic N) is 2. The maximum Gasteiger partial charge on any atom is 0.142 e. The normalized spacial score (nSPS) is 19.8. The van der Waals surface area contributed by atoms with Crippen molar-refractivity contribution in [2.75, 3.05) is 7.11 Å². The predicted molar refractivity (Wildman–Crippen MR) is 110 cm³/mol. The van der Waals surface area contributed by atoms with Gasteiger partial charge in [-0.15, -0.1) is 0 Å². The maximum atomic E-state index is 5.65. The minimum absolute atomic E-state index is 0.221. The van der Waals surface area contributed by atoms with Crippen LogP contribution in [-0.4, -0.2) is 28.0 Å². The van der Waals surface area contributed by atoms with E-state index in [0.29, 0.717) is 0 Å². The fraction of sp³-hybridized carbons (Fsp3) is 0.591. The molecule has 140 valence electrons. The summed E-state index contributed by atoms with van der Waals surface area (Å²) in [4.78, 5) is 4.95. The number of ether oxygens (including phenoxy) is 1. The molecule has 2 saturated carbocycles. The molecule has 1 heterocycles. The van der Waals surface area contributed by atoms with Gasteiger partial charge in [0.05, 0.1) is 12.8 Å². The van der Waals surface area contributed by atoms with Crippen molar-refractivity contribution in [2.45, 2.75) is 75.5 Å². The van der Waals surface area contributed by atoms with Gasteiger partial charge in [-0.25, -0.2) is 4.98 Å². The van der Waals surface area contributed by atoms with Gasteiger partial charge in [-0.3, -0.25) is 4.57 Å². The van der Waals surface area contributed by atoms with Crippen LogP contribution >= 0.6 is 7.92 Å². The summed E-state index contributed by atoms with van der Waals surface area (Å²) in [7, 11) is 1.54. The summed E-state index contributed by atoms with van der Waals surface area (Å²) in [5.41, 5.74) is 4.19. The average molecular weight is 370 g/mol. The quantitative estimate of drug-likeness (QED) is 0.636. The summed E-state index contributed by atoms with van der Waals surface area (Å²) in [6.07, 6.45) is 18.2. The van der Waals surface area contributed by atoms with E-state index in [4.69, 9.17) is 9.72 Å². The highest BCUT2D eigenvalue weighted by atomic mass is 31.1. The van der Waals surface area contributed by atoms with Gasteiger partial charge in [-0.2, -0.15) is 0 Å². The zero-order valence-electron chi connectivity index (χ0n) is 15.9. The number of methoxy groups -OCH3 is 1. The molecular formula is C22H31N2OP. The number of hydrogen-bond acceptors (Lipinski definition) is 2. The van der Waals surface area contributed by atoms with Gasteiger partial charge in [-0.05, 0) is 57.1 Å². The average Bonchev–Trinajstić information content (AvgIpc) is 3.19. The van der Waals surface area contributed by atoms with Crippen LogP contribution in [0.3, 0.4) is 0 Å². The predicted octanol–water partition coefficient (Wildman–Crippen LogP) is 5.65. The van der Waals surface area contributed by atoms with Gasteiger partial charge in [0.1, 0.15) is 11.3 Å². The molecule has 0 amide bonds. The van der Waals surface area contributed by atoms with Crippen LogP contribution < -0.4 is 10.3 Å². The number of imidazole rings is 1. The highest BCUT2D eigenvalue weighted by Gasteiger charge is 2.35. The van der Waals surface area contributed by atoms with Crippen LogP contribution in [0.4, 0.5) is 0 Å². The lowest BCUT2D eigenvalue weighted by Crippen LogP contribution is -2.30. The van der Waals surface area contributed by atoms with Gasteiger partial charge in [0.15, 0.2) is 0 Å². The molecule has 1 aromatic carbocycles. The first-order valence-electron chi connectivity index (χ1n) is 10.3. The van der Waals surface area contributed by atoms with Crippen molar-refractivity contribution in [3.05, 3.63) is 36.7 Å². The Labute approximate surface area is 158 Å². The zero-order valence-corrected chi connectivity index (χ0v) is 16.8. The Balaban J connectivity index is 1.73. The molecule has 0 spiro atoms. The minimum atomic E-state index is -0.221. The highest BCUT2D eigenvalue weighted by Crippen LogP contribution is 2.54. The molecule has 2 aromatic rings. The monoisotopic (exact) mass is 370 g/mol. The first-order chi connectivity index (χ1) is 12.9. The minimum Gasteiger partial charge on any atom is -0.495 e. The summed E-state index contributed by atoms with van der Waals surface area (Å²) in [5, 5.41) is 0. The second-order valence-corrected chi connectivity index (χ2v) is 10.4. The van der Waals surface area contributed by atoms with E-state index in [-0.39, 0.29) is 7.92 Å². The van der Waals surface area contributed by atoms with Gasteiger partial charge in [-0.1, -0.05) is 50.7 Å². The number of aromatic nitrogens is 2. The highest BCUT2D eigenvalue weighted by molar-refractivity contribution is 7.66. The van der Waals surface area contributed by atoms with Crippen LogP contribution in [0, 0.1) is 0 Å². The van der Waals surface area contributed by atoms with Crippen molar-refractivity contribution in [3.8, 4) is 11.4 Å². The summed E-state index contributed by atoms with van der Waals surface area (Å²) < 4.78 is 7.99. The third-order valence-corrected chi connectivity index (χ3v) is 9.53. The van der Waals surface area contributed by atoms with E-state index in [0.717, 1.165) is 22.8 Å². The second-order valence-electron chi connectivity index (χ2n) is 7.76. The molecule has 2 fully saturated rings. The Bertz CT molecular complexity index is 684. The van der Waals surface area contributed by atoms with Crippen LogP contribution in [0.25, 0.3) is 5.69 Å². The molecule has 4 heteroatoms. The van der Waals surface area contributed by atoms with E-state index in [1.54, 1.807) is 7.11 Å². The molecule has 0 saturated heterocycles. The van der Waals surface area contributed by atoms with Crippen LogP contribution in [-0.2, 0) is 0 Å². The van der Waals surface area contributed by atoms with Crippen molar-refractivity contribution in [3.63, 3.8) is 0 Å². The molecule has 26 heavy (non-hydrogen) atoms. The van der Waals surface area contributed by atoms with Gasteiger partial charge < -0.3 is 4.74 Å². The molecule has 2 aliphatic carbocycles. The summed E-state index contributed by atoms with van der Waals surface area (Å²) in [6.45, 7) is 0. The van der Waals surface area contributed by atoms with Crippen LogP contribution in [0.1, 0.15) is 64.2 Å². The van der Waals surface area contributed by atoms with Crippen molar-refractivity contribution in [1.82, 2.24) is 9.55 Å². The van der Waals surface area contributed by atoms with Crippen molar-refractivity contribution < 1.29 is 4.74 Å². The van der Waals surface area contributed by atoms with E-state index in [1.807, 2.05) is 12.3 Å². The largest absolute Gasteiger partial charge is 0.495 e. The third kappa shape index (κ3) is 3.69. The lowest BCUT2D eigenvalue weighted by atomic mass is 9.99. The van der Waals surface area contributed by atoms with Gasteiger partial charge in [0, 0.05) is 12.4 Å². The smallest absolute Gasteiger partial charge is 0.142 e. The maximum absolute atomic E-state index is 5.65. The summed E-state index contributed by atoms with van der Waals surface area (Å²) in [5.74, 6) is 0.939. The van der Waals surface area contributed by atoms with E-state index >= 15 is 0 Å². The Morgan fingerprint density at radius 1 is 0.923 bits per heavy atom. The van der Waals surface area contributed by atoms with Crippen molar-refractivity contribution in [2.24, 2.45) is 0 Å². The van der Waals surface area contributed by atoms with E-state index in [2.05, 4.69) is 29.0 Å². The Kier molecular flexibility index (Phi) is 5.94. The summed E-state index contributed by atoms with van der Waals surface area (Å²) >= 11 is 0. The van der Waals surface area contributed by atoms with Crippen LogP contribution in [0.2, 0.25) is 0 Å². The molecule has 2 aliphatic rings. The molecule has 0 aliphatic heterocycles. The molecule has 0 radical (unpaired) electrons. The number of hydrogen-bond donors (Lipinski definition) is 0. The third-order valence-electron chi connectivity index (χ3n) is 6.13. The van der Waals surface area contributed by atoms with E-state index < -0.39 is 0 Å². The molecule has 1 aromatic heterocycles. The Morgan fingerprint density at radius 3 is 2.15 bits per heavy atom. The molecule has 0 N–H and O–H groups in total.